The van der Waals surface area contributed by atoms with Gasteiger partial charge in [-0.05, 0) is 19.1 Å². The number of hydrazine groups is 1. The minimum Gasteiger partial charge on any atom is -0.368 e. The van der Waals surface area contributed by atoms with Gasteiger partial charge < -0.3 is 5.32 Å². The fourth-order valence-corrected chi connectivity index (χ4v) is 2.32. The average molecular weight is 293 g/mol. The Labute approximate surface area is 112 Å². The van der Waals surface area contributed by atoms with E-state index in [1.54, 1.807) is 11.8 Å². The molecule has 19 heavy (non-hydrogen) atoms. The van der Waals surface area contributed by atoms with Crippen LogP contribution in [0.25, 0.3) is 0 Å². The molecule has 106 valence electrons. The van der Waals surface area contributed by atoms with Crippen LogP contribution < -0.4 is 16.6 Å². The zero-order valence-electron chi connectivity index (χ0n) is 10.2. The van der Waals surface area contributed by atoms with Gasteiger partial charge in [0.15, 0.2) is 5.69 Å². The molecular formula is C10H14F3N5S. The molecule has 1 heterocycles. The third kappa shape index (κ3) is 3.41. The van der Waals surface area contributed by atoms with Crippen LogP contribution in [0.3, 0.4) is 0 Å². The van der Waals surface area contributed by atoms with Gasteiger partial charge in [0, 0.05) is 17.4 Å². The lowest BCUT2D eigenvalue weighted by atomic mass is 10.3. The number of nitrogens with zero attached hydrogens (tertiary/aromatic N) is 2. The van der Waals surface area contributed by atoms with Gasteiger partial charge in [-0.2, -0.15) is 29.9 Å². The standard InChI is InChI=1S/C10H14F3N5S/c1-19-9(2-3-9)5-15-7-4-6(10(11,12)13)16-8(17-7)18-14/h4H,2-3,5,14H2,1H3,(H2,15,16,17,18). The van der Waals surface area contributed by atoms with Crippen LogP contribution in [0.15, 0.2) is 6.07 Å². The highest BCUT2D eigenvalue weighted by Crippen LogP contribution is 2.47. The van der Waals surface area contributed by atoms with Crippen LogP contribution in [0.2, 0.25) is 0 Å². The molecular weight excluding hydrogens is 279 g/mol. The Morgan fingerprint density at radius 2 is 2.11 bits per heavy atom. The molecule has 1 aromatic heterocycles. The molecule has 1 saturated carbocycles. The Hall–Kier alpha value is -1.22. The van der Waals surface area contributed by atoms with Crippen molar-refractivity contribution in [3.63, 3.8) is 0 Å². The molecule has 2 rings (SSSR count). The van der Waals surface area contributed by atoms with E-state index in [-0.39, 0.29) is 16.5 Å². The van der Waals surface area contributed by atoms with E-state index < -0.39 is 11.9 Å². The second-order valence-corrected chi connectivity index (χ2v) is 5.62. The van der Waals surface area contributed by atoms with Crippen LogP contribution in [-0.2, 0) is 6.18 Å². The van der Waals surface area contributed by atoms with Gasteiger partial charge in [-0.25, -0.2) is 10.8 Å². The Morgan fingerprint density at radius 3 is 2.58 bits per heavy atom. The summed E-state index contributed by atoms with van der Waals surface area (Å²) in [6, 6.07) is 0.886. The number of alkyl halides is 3. The van der Waals surface area contributed by atoms with Crippen LogP contribution in [0.4, 0.5) is 24.9 Å². The lowest BCUT2D eigenvalue weighted by molar-refractivity contribution is -0.141. The minimum absolute atomic E-state index is 0.121. The minimum atomic E-state index is -4.53. The smallest absolute Gasteiger partial charge is 0.368 e. The number of nitrogens with two attached hydrogens (primary N) is 1. The largest absolute Gasteiger partial charge is 0.433 e. The van der Waals surface area contributed by atoms with Crippen molar-refractivity contribution in [2.45, 2.75) is 23.8 Å². The summed E-state index contributed by atoms with van der Waals surface area (Å²) < 4.78 is 38.1. The van der Waals surface area contributed by atoms with Crippen molar-refractivity contribution in [1.29, 1.82) is 0 Å². The average Bonchev–Trinajstić information content (AvgIpc) is 3.15. The van der Waals surface area contributed by atoms with Crippen LogP contribution in [0.5, 0.6) is 0 Å². The maximum atomic E-state index is 12.6. The molecule has 0 aromatic carbocycles. The number of thioether (sulfide) groups is 1. The molecule has 1 aliphatic carbocycles. The van der Waals surface area contributed by atoms with Gasteiger partial charge in [0.2, 0.25) is 5.95 Å². The predicted octanol–water partition coefficient (Wildman–Crippen LogP) is 2.09. The summed E-state index contributed by atoms with van der Waals surface area (Å²) in [5.74, 6) is 4.94. The summed E-state index contributed by atoms with van der Waals surface area (Å²) in [4.78, 5) is 7.15. The lowest BCUT2D eigenvalue weighted by Crippen LogP contribution is -2.21. The van der Waals surface area contributed by atoms with Crippen molar-refractivity contribution < 1.29 is 13.2 Å². The van der Waals surface area contributed by atoms with Crippen molar-refractivity contribution in [2.24, 2.45) is 5.84 Å². The van der Waals surface area contributed by atoms with Crippen LogP contribution in [0, 0.1) is 0 Å². The first kappa shape index (κ1) is 14.2. The maximum Gasteiger partial charge on any atom is 0.433 e. The molecule has 0 unspecified atom stereocenters. The van der Waals surface area contributed by atoms with Gasteiger partial charge in [-0.15, -0.1) is 0 Å². The van der Waals surface area contributed by atoms with Gasteiger partial charge in [0.25, 0.3) is 0 Å². The van der Waals surface area contributed by atoms with Crippen molar-refractivity contribution >= 4 is 23.5 Å². The third-order valence-electron chi connectivity index (χ3n) is 2.98. The van der Waals surface area contributed by atoms with E-state index >= 15 is 0 Å². The van der Waals surface area contributed by atoms with Gasteiger partial charge >= 0.3 is 6.18 Å². The Kier molecular flexibility index (Phi) is 3.77. The molecule has 1 aromatic rings. The topological polar surface area (TPSA) is 75.9 Å². The van der Waals surface area contributed by atoms with Crippen molar-refractivity contribution in [1.82, 2.24) is 9.97 Å². The first-order valence-corrected chi connectivity index (χ1v) is 6.83. The molecule has 9 heteroatoms. The highest BCUT2D eigenvalue weighted by atomic mass is 32.2. The number of halogens is 3. The molecule has 0 atom stereocenters. The zero-order valence-corrected chi connectivity index (χ0v) is 11.0. The van der Waals surface area contributed by atoms with Crippen LogP contribution in [-0.4, -0.2) is 27.5 Å². The zero-order chi connectivity index (χ0) is 14.1. The molecule has 0 aliphatic heterocycles. The number of anilines is 2. The second-order valence-electron chi connectivity index (χ2n) is 4.34. The van der Waals surface area contributed by atoms with E-state index in [1.165, 1.54) is 0 Å². The maximum absolute atomic E-state index is 12.6. The third-order valence-corrected chi connectivity index (χ3v) is 4.40. The van der Waals surface area contributed by atoms with E-state index in [1.807, 2.05) is 11.7 Å². The number of hydrogen-bond acceptors (Lipinski definition) is 6. The van der Waals surface area contributed by atoms with Gasteiger partial charge in [-0.3, -0.25) is 5.43 Å². The molecule has 0 amide bonds. The number of nitrogens with one attached hydrogen (secondary N) is 2. The monoisotopic (exact) mass is 293 g/mol. The molecule has 0 radical (unpaired) electrons. The number of hydrogen-bond donors (Lipinski definition) is 3. The number of nitrogen functional groups attached to an aromatic ring is 1. The SMILES string of the molecule is CSC1(CNc2cc(C(F)(F)F)nc(NN)n2)CC1. The second kappa shape index (κ2) is 5.04. The van der Waals surface area contributed by atoms with Crippen molar-refractivity contribution in [2.75, 3.05) is 23.5 Å². The number of aromatic nitrogens is 2. The molecule has 0 bridgehead atoms. The van der Waals surface area contributed by atoms with Crippen LogP contribution in [0.1, 0.15) is 18.5 Å². The lowest BCUT2D eigenvalue weighted by Gasteiger charge is -2.15. The quantitative estimate of drug-likeness (QED) is 0.570. The van der Waals surface area contributed by atoms with Crippen molar-refractivity contribution in [3.8, 4) is 0 Å². The molecule has 0 saturated heterocycles. The summed E-state index contributed by atoms with van der Waals surface area (Å²) in [5.41, 5.74) is 1.02. The summed E-state index contributed by atoms with van der Waals surface area (Å²) in [6.07, 6.45) is -0.425. The van der Waals surface area contributed by atoms with E-state index in [0.717, 1.165) is 18.9 Å². The van der Waals surface area contributed by atoms with E-state index in [2.05, 4.69) is 15.3 Å². The highest BCUT2D eigenvalue weighted by Gasteiger charge is 2.41. The van der Waals surface area contributed by atoms with Gasteiger partial charge in [0.05, 0.1) is 0 Å². The van der Waals surface area contributed by atoms with E-state index in [9.17, 15) is 13.2 Å². The molecule has 1 aliphatic rings. The fraction of sp³-hybridized carbons (Fsp3) is 0.600. The Bertz CT molecular complexity index is 461. The van der Waals surface area contributed by atoms with Gasteiger partial charge in [0.1, 0.15) is 5.82 Å². The predicted molar refractivity (Wildman–Crippen MR) is 68.8 cm³/mol. The first-order valence-electron chi connectivity index (χ1n) is 5.60. The van der Waals surface area contributed by atoms with E-state index in [4.69, 9.17) is 5.84 Å². The Balaban J connectivity index is 2.15. The molecule has 1 fully saturated rings. The first-order chi connectivity index (χ1) is 8.88. The molecule has 4 N–H and O–H groups in total. The van der Waals surface area contributed by atoms with Crippen molar-refractivity contribution in [3.05, 3.63) is 11.8 Å². The fourth-order valence-electron chi connectivity index (χ4n) is 1.59. The van der Waals surface area contributed by atoms with E-state index in [0.29, 0.717) is 6.54 Å². The van der Waals surface area contributed by atoms with Gasteiger partial charge in [-0.1, -0.05) is 0 Å². The summed E-state index contributed by atoms with van der Waals surface area (Å²) in [6.45, 7) is 0.576. The number of rotatable bonds is 5. The molecule has 5 nitrogen and oxygen atoms in total. The normalized spacial score (nSPS) is 17.1. The summed E-state index contributed by atoms with van der Waals surface area (Å²) >= 11 is 1.71. The highest BCUT2D eigenvalue weighted by molar-refractivity contribution is 8.00. The summed E-state index contributed by atoms with van der Waals surface area (Å²) in [7, 11) is 0. The van der Waals surface area contributed by atoms with Crippen LogP contribution >= 0.6 is 11.8 Å². The molecule has 0 spiro atoms. The Morgan fingerprint density at radius 1 is 1.42 bits per heavy atom. The summed E-state index contributed by atoms with van der Waals surface area (Å²) in [5, 5.41) is 2.92.